The van der Waals surface area contributed by atoms with Crippen LogP contribution in [0.4, 0.5) is 0 Å². The highest BCUT2D eigenvalue weighted by molar-refractivity contribution is 7.82. The molecule has 1 aromatic carbocycles. The first kappa shape index (κ1) is 11.6. The largest absolute Gasteiger partial charge is 0.388 e. The third-order valence-electron chi connectivity index (χ3n) is 1.67. The van der Waals surface area contributed by atoms with Gasteiger partial charge in [-0.3, -0.25) is 4.99 Å². The number of nitrogens with two attached hydrogens (primary N) is 1. The zero-order valence-electron chi connectivity index (χ0n) is 7.77. The molecule has 0 aliphatic carbocycles. The van der Waals surface area contributed by atoms with Crippen LogP contribution in [-0.2, 0) is 6.54 Å². The number of nitrogens with zero attached hydrogens (tertiary/aromatic N) is 2. The van der Waals surface area contributed by atoms with Crippen LogP contribution in [0.1, 0.15) is 5.56 Å². The molecular weight excluding hydrogens is 230 g/mol. The number of rotatable bonds is 3. The van der Waals surface area contributed by atoms with Crippen molar-refractivity contribution < 1.29 is 0 Å². The second-order valence-electron chi connectivity index (χ2n) is 2.77. The molecule has 0 fully saturated rings. The molecular formula is C10H8ClN3S. The Hall–Kier alpha value is -1.44. The molecule has 1 rings (SSSR count). The van der Waals surface area contributed by atoms with Crippen LogP contribution in [0.5, 0.6) is 0 Å². The van der Waals surface area contributed by atoms with Gasteiger partial charge in [-0.15, -0.1) is 0 Å². The molecule has 0 saturated carbocycles. The third-order valence-corrected chi connectivity index (χ3v) is 2.12. The number of benzene rings is 1. The van der Waals surface area contributed by atoms with Gasteiger partial charge in [-0.1, -0.05) is 36.0 Å². The Morgan fingerprint density at radius 1 is 1.47 bits per heavy atom. The zero-order valence-corrected chi connectivity index (χ0v) is 9.35. The molecule has 0 aromatic heterocycles. The first-order chi connectivity index (χ1) is 7.13. The molecule has 76 valence electrons. The van der Waals surface area contributed by atoms with E-state index in [4.69, 9.17) is 22.6 Å². The fourth-order valence-corrected chi connectivity index (χ4v) is 1.16. The van der Waals surface area contributed by atoms with E-state index in [1.807, 2.05) is 18.2 Å². The van der Waals surface area contributed by atoms with E-state index in [9.17, 15) is 0 Å². The van der Waals surface area contributed by atoms with Gasteiger partial charge in [-0.05, 0) is 17.7 Å². The molecule has 0 atom stereocenters. The fourth-order valence-electron chi connectivity index (χ4n) is 0.929. The summed E-state index contributed by atoms with van der Waals surface area (Å²) in [5.74, 6) is 0. The predicted molar refractivity (Wildman–Crippen MR) is 65.0 cm³/mol. The van der Waals surface area contributed by atoms with Crippen LogP contribution in [0.2, 0.25) is 5.02 Å². The van der Waals surface area contributed by atoms with Crippen molar-refractivity contribution in [1.82, 2.24) is 0 Å². The lowest BCUT2D eigenvalue weighted by Crippen LogP contribution is -2.19. The Morgan fingerprint density at radius 3 is 2.53 bits per heavy atom. The van der Waals surface area contributed by atoms with E-state index in [1.54, 1.807) is 12.1 Å². The molecule has 5 heteroatoms. The van der Waals surface area contributed by atoms with Gasteiger partial charge in [0.25, 0.3) is 0 Å². The molecule has 0 spiro atoms. The topological polar surface area (TPSA) is 62.2 Å². The molecule has 1 aromatic rings. The van der Waals surface area contributed by atoms with Crippen molar-refractivity contribution in [2.75, 3.05) is 0 Å². The Labute approximate surface area is 98.2 Å². The summed E-state index contributed by atoms with van der Waals surface area (Å²) in [6.45, 7) is 0.372. The normalized spacial score (nSPS) is 10.8. The zero-order chi connectivity index (χ0) is 11.3. The summed E-state index contributed by atoms with van der Waals surface area (Å²) in [4.78, 5) is 4.01. The fraction of sp³-hybridized carbons (Fsp3) is 0.100. The summed E-state index contributed by atoms with van der Waals surface area (Å²) < 4.78 is 0. The summed E-state index contributed by atoms with van der Waals surface area (Å²) in [6, 6.07) is 9.03. The summed E-state index contributed by atoms with van der Waals surface area (Å²) in [5, 5.41) is 9.31. The maximum Gasteiger partial charge on any atom is 0.170 e. The molecule has 0 amide bonds. The molecule has 0 heterocycles. The standard InChI is InChI=1S/C10H8ClN3S/c11-8-3-1-7(2-4-8)6-14-9(5-12)10(13)15/h1-4H,6H2,(H2,13,15). The molecule has 0 saturated heterocycles. The molecule has 15 heavy (non-hydrogen) atoms. The van der Waals surface area contributed by atoms with Crippen molar-refractivity contribution in [1.29, 1.82) is 5.26 Å². The number of hydrogen-bond acceptors (Lipinski definition) is 3. The molecule has 0 aliphatic heterocycles. The third kappa shape index (κ3) is 3.66. The Bertz CT molecular complexity index is 431. The van der Waals surface area contributed by atoms with Crippen LogP contribution in [0.25, 0.3) is 0 Å². The average Bonchev–Trinajstić information content (AvgIpc) is 2.21. The molecule has 0 unspecified atom stereocenters. The van der Waals surface area contributed by atoms with Gasteiger partial charge in [0.05, 0.1) is 6.54 Å². The first-order valence-electron chi connectivity index (χ1n) is 4.12. The molecule has 0 bridgehead atoms. The highest BCUT2D eigenvalue weighted by atomic mass is 35.5. The molecule has 3 nitrogen and oxygen atoms in total. The molecule has 0 aliphatic rings. The number of halogens is 1. The number of aliphatic imine (C=N–C) groups is 1. The second-order valence-corrected chi connectivity index (χ2v) is 3.64. The summed E-state index contributed by atoms with van der Waals surface area (Å²) in [6.07, 6.45) is 0. The van der Waals surface area contributed by atoms with Gasteiger partial charge in [-0.25, -0.2) is 0 Å². The van der Waals surface area contributed by atoms with E-state index in [1.165, 1.54) is 0 Å². The van der Waals surface area contributed by atoms with E-state index in [-0.39, 0.29) is 10.7 Å². The van der Waals surface area contributed by atoms with E-state index in [2.05, 4.69) is 17.2 Å². The van der Waals surface area contributed by atoms with Crippen LogP contribution in [0, 0.1) is 11.3 Å². The maximum absolute atomic E-state index is 8.65. The van der Waals surface area contributed by atoms with E-state index in [0.29, 0.717) is 11.6 Å². The minimum absolute atomic E-state index is 0.0199. The smallest absolute Gasteiger partial charge is 0.170 e. The Kier molecular flexibility index (Phi) is 4.22. The average molecular weight is 238 g/mol. The SMILES string of the molecule is N#CC(=NCc1ccc(Cl)cc1)C(N)=S. The van der Waals surface area contributed by atoms with Crippen LogP contribution in [-0.4, -0.2) is 10.7 Å². The van der Waals surface area contributed by atoms with Crippen LogP contribution in [0.15, 0.2) is 29.3 Å². The minimum Gasteiger partial charge on any atom is -0.388 e. The molecule has 0 radical (unpaired) electrons. The highest BCUT2D eigenvalue weighted by Gasteiger charge is 2.00. The summed E-state index contributed by atoms with van der Waals surface area (Å²) in [5.41, 5.74) is 6.34. The first-order valence-corrected chi connectivity index (χ1v) is 4.91. The van der Waals surface area contributed by atoms with Crippen LogP contribution >= 0.6 is 23.8 Å². The lowest BCUT2D eigenvalue weighted by Gasteiger charge is -1.97. The molecule has 2 N–H and O–H groups in total. The summed E-state index contributed by atoms with van der Waals surface area (Å²) in [7, 11) is 0. The van der Waals surface area contributed by atoms with Gasteiger partial charge in [0.15, 0.2) is 5.71 Å². The monoisotopic (exact) mass is 237 g/mol. The van der Waals surface area contributed by atoms with E-state index < -0.39 is 0 Å². The Balaban J connectivity index is 2.76. The quantitative estimate of drug-likeness (QED) is 0.647. The van der Waals surface area contributed by atoms with Crippen molar-refractivity contribution in [3.63, 3.8) is 0 Å². The predicted octanol–water partition coefficient (Wildman–Crippen LogP) is 2.09. The lowest BCUT2D eigenvalue weighted by molar-refractivity contribution is 1.07. The van der Waals surface area contributed by atoms with Crippen LogP contribution < -0.4 is 5.73 Å². The van der Waals surface area contributed by atoms with Gasteiger partial charge in [0.1, 0.15) is 11.1 Å². The summed E-state index contributed by atoms with van der Waals surface area (Å²) >= 11 is 10.4. The van der Waals surface area contributed by atoms with Gasteiger partial charge in [0.2, 0.25) is 0 Å². The van der Waals surface area contributed by atoms with Gasteiger partial charge < -0.3 is 5.73 Å². The minimum atomic E-state index is 0.0199. The second kappa shape index (κ2) is 5.44. The van der Waals surface area contributed by atoms with Crippen molar-refractivity contribution >= 4 is 34.5 Å². The number of nitriles is 1. The number of hydrogen-bond donors (Lipinski definition) is 1. The van der Waals surface area contributed by atoms with E-state index >= 15 is 0 Å². The van der Waals surface area contributed by atoms with Gasteiger partial charge in [0, 0.05) is 5.02 Å². The number of thiocarbonyl (C=S) groups is 1. The van der Waals surface area contributed by atoms with E-state index in [0.717, 1.165) is 5.56 Å². The van der Waals surface area contributed by atoms with Crippen molar-refractivity contribution in [2.45, 2.75) is 6.54 Å². The van der Waals surface area contributed by atoms with Crippen molar-refractivity contribution in [2.24, 2.45) is 10.7 Å². The van der Waals surface area contributed by atoms with Gasteiger partial charge >= 0.3 is 0 Å². The van der Waals surface area contributed by atoms with Gasteiger partial charge in [-0.2, -0.15) is 5.26 Å². The van der Waals surface area contributed by atoms with Crippen molar-refractivity contribution in [3.8, 4) is 6.07 Å². The Morgan fingerprint density at radius 2 is 2.07 bits per heavy atom. The van der Waals surface area contributed by atoms with Crippen molar-refractivity contribution in [3.05, 3.63) is 34.9 Å². The van der Waals surface area contributed by atoms with Crippen LogP contribution in [0.3, 0.4) is 0 Å². The highest BCUT2D eigenvalue weighted by Crippen LogP contribution is 2.10. The maximum atomic E-state index is 8.65. The lowest BCUT2D eigenvalue weighted by atomic mass is 10.2.